The molecule has 41 heavy (non-hydrogen) atoms. The normalized spacial score (nSPS) is 16.4. The average Bonchev–Trinajstić information content (AvgIpc) is 3.27. The van der Waals surface area contributed by atoms with Crippen molar-refractivity contribution in [2.75, 3.05) is 23.3 Å². The number of esters is 1. The third-order valence-electron chi connectivity index (χ3n) is 8.09. The maximum absolute atomic E-state index is 13.3. The lowest BCUT2D eigenvalue weighted by atomic mass is 9.77. The summed E-state index contributed by atoms with van der Waals surface area (Å²) in [5, 5.41) is 4.20. The second-order valence-corrected chi connectivity index (χ2v) is 11.3. The number of nitrogens with one attached hydrogen (secondary N) is 1. The molecule has 1 unspecified atom stereocenters. The molecule has 0 bridgehead atoms. The molecule has 2 heterocycles. The number of carbonyl (C=O) groups excluding carboxylic acids is 1. The predicted octanol–water partition coefficient (Wildman–Crippen LogP) is 9.37. The maximum atomic E-state index is 13.3. The average molecular weight is 567 g/mol. The summed E-state index contributed by atoms with van der Waals surface area (Å²) in [6.45, 7) is 8.48. The fourth-order valence-electron chi connectivity index (χ4n) is 5.90. The number of hydrogen-bond acceptors (Lipinski definition) is 5. The standard InChI is InChI=1S/C35H35ClN2O3/c1-4-6-18-38(19-7-5-2)26-16-17-29-33(21-26)40-32-20-23(3)31(37-25-14-12-24(36)13-15-25)22-30(32)35(29)28-11-9-8-10-27(28)34(39)41-35/h8-17,20-22,37H,4-7,18-19H2,1-3H3. The minimum atomic E-state index is -1.11. The van der Waals surface area contributed by atoms with Crippen LogP contribution in [0.5, 0.6) is 11.5 Å². The van der Waals surface area contributed by atoms with Gasteiger partial charge < -0.3 is 19.7 Å². The molecule has 6 heteroatoms. The Kier molecular flexibility index (Phi) is 7.39. The van der Waals surface area contributed by atoms with Gasteiger partial charge in [0.2, 0.25) is 0 Å². The van der Waals surface area contributed by atoms with E-state index in [1.165, 1.54) is 0 Å². The summed E-state index contributed by atoms with van der Waals surface area (Å²) < 4.78 is 13.1. The second kappa shape index (κ2) is 11.1. The molecule has 6 rings (SSSR count). The number of unbranched alkanes of at least 4 members (excludes halogenated alkanes) is 2. The zero-order valence-electron chi connectivity index (χ0n) is 23.8. The molecule has 1 spiro atoms. The molecular formula is C35H35ClN2O3. The summed E-state index contributed by atoms with van der Waals surface area (Å²) >= 11 is 6.12. The first kappa shape index (κ1) is 27.2. The number of carbonyl (C=O) groups is 1. The first-order valence-electron chi connectivity index (χ1n) is 14.5. The summed E-state index contributed by atoms with van der Waals surface area (Å²) in [7, 11) is 0. The smallest absolute Gasteiger partial charge is 0.340 e. The number of hydrogen-bond donors (Lipinski definition) is 1. The summed E-state index contributed by atoms with van der Waals surface area (Å²) in [5.74, 6) is 1.08. The van der Waals surface area contributed by atoms with Crippen LogP contribution >= 0.6 is 11.6 Å². The monoisotopic (exact) mass is 566 g/mol. The number of benzene rings is 4. The molecule has 0 saturated carbocycles. The molecule has 2 aliphatic rings. The molecule has 0 fully saturated rings. The number of fused-ring (bicyclic) bond motifs is 6. The van der Waals surface area contributed by atoms with Crippen molar-refractivity contribution in [3.8, 4) is 11.5 Å². The van der Waals surface area contributed by atoms with Crippen LogP contribution in [0.1, 0.15) is 72.1 Å². The summed E-state index contributed by atoms with van der Waals surface area (Å²) in [4.78, 5) is 15.8. The highest BCUT2D eigenvalue weighted by atomic mass is 35.5. The molecule has 4 aromatic rings. The van der Waals surface area contributed by atoms with E-state index in [0.29, 0.717) is 16.3 Å². The Balaban J connectivity index is 1.50. The number of rotatable bonds is 9. The highest BCUT2D eigenvalue weighted by Gasteiger charge is 2.53. The van der Waals surface area contributed by atoms with Crippen LogP contribution in [0.25, 0.3) is 0 Å². The van der Waals surface area contributed by atoms with Gasteiger partial charge >= 0.3 is 5.97 Å². The fourth-order valence-corrected chi connectivity index (χ4v) is 6.02. The molecular weight excluding hydrogens is 532 g/mol. The van der Waals surface area contributed by atoms with Crippen molar-refractivity contribution >= 4 is 34.6 Å². The summed E-state index contributed by atoms with van der Waals surface area (Å²) in [6.07, 6.45) is 4.53. The van der Waals surface area contributed by atoms with E-state index in [1.54, 1.807) is 0 Å². The highest BCUT2D eigenvalue weighted by Crippen LogP contribution is 2.57. The Labute approximate surface area is 247 Å². The number of nitrogens with zero attached hydrogens (tertiary/aromatic N) is 1. The van der Waals surface area contributed by atoms with E-state index < -0.39 is 5.60 Å². The molecule has 2 aliphatic heterocycles. The van der Waals surface area contributed by atoms with Gasteiger partial charge in [-0.1, -0.05) is 56.5 Å². The van der Waals surface area contributed by atoms with Gasteiger partial charge in [-0.2, -0.15) is 0 Å². The lowest BCUT2D eigenvalue weighted by molar-refractivity contribution is 0.0224. The van der Waals surface area contributed by atoms with Crippen molar-refractivity contribution in [1.82, 2.24) is 0 Å². The minimum Gasteiger partial charge on any atom is -0.456 e. The Morgan fingerprint density at radius 1 is 0.829 bits per heavy atom. The zero-order valence-corrected chi connectivity index (χ0v) is 24.6. The highest BCUT2D eigenvalue weighted by molar-refractivity contribution is 6.30. The quantitative estimate of drug-likeness (QED) is 0.204. The maximum Gasteiger partial charge on any atom is 0.340 e. The van der Waals surface area contributed by atoms with Crippen LogP contribution in [-0.2, 0) is 10.3 Å². The summed E-state index contributed by atoms with van der Waals surface area (Å²) in [5.41, 5.74) is 5.88. The molecule has 0 saturated heterocycles. The Hall–Kier alpha value is -3.96. The van der Waals surface area contributed by atoms with Crippen molar-refractivity contribution in [3.05, 3.63) is 112 Å². The fraction of sp³-hybridized carbons (Fsp3) is 0.286. The van der Waals surface area contributed by atoms with Crippen LogP contribution in [0, 0.1) is 6.92 Å². The van der Waals surface area contributed by atoms with E-state index in [1.807, 2.05) is 61.5 Å². The van der Waals surface area contributed by atoms with Gasteiger partial charge in [0.15, 0.2) is 5.60 Å². The lowest BCUT2D eigenvalue weighted by Crippen LogP contribution is -2.33. The topological polar surface area (TPSA) is 50.8 Å². The Bertz CT molecular complexity index is 1590. The third kappa shape index (κ3) is 4.82. The molecule has 4 aromatic carbocycles. The Morgan fingerprint density at radius 2 is 1.54 bits per heavy atom. The number of anilines is 3. The van der Waals surface area contributed by atoms with Crippen LogP contribution in [0.15, 0.2) is 78.9 Å². The van der Waals surface area contributed by atoms with Crippen LogP contribution in [0.3, 0.4) is 0 Å². The largest absolute Gasteiger partial charge is 0.456 e. The van der Waals surface area contributed by atoms with Gasteiger partial charge in [0.05, 0.1) is 5.56 Å². The van der Waals surface area contributed by atoms with Gasteiger partial charge in [-0.3, -0.25) is 0 Å². The van der Waals surface area contributed by atoms with Gasteiger partial charge in [0, 0.05) is 57.9 Å². The van der Waals surface area contributed by atoms with Gasteiger partial charge in [0.25, 0.3) is 0 Å². The van der Waals surface area contributed by atoms with E-state index in [-0.39, 0.29) is 5.97 Å². The number of ether oxygens (including phenoxy) is 2. The van der Waals surface area contributed by atoms with Crippen LogP contribution in [0.2, 0.25) is 5.02 Å². The predicted molar refractivity (Wildman–Crippen MR) is 166 cm³/mol. The molecule has 0 radical (unpaired) electrons. The molecule has 1 N–H and O–H groups in total. The van der Waals surface area contributed by atoms with Gasteiger partial charge in [0.1, 0.15) is 11.5 Å². The van der Waals surface area contributed by atoms with Crippen molar-refractivity contribution in [3.63, 3.8) is 0 Å². The molecule has 5 nitrogen and oxygen atoms in total. The molecule has 0 amide bonds. The number of halogens is 1. The molecule has 210 valence electrons. The van der Waals surface area contributed by atoms with E-state index in [9.17, 15) is 4.79 Å². The summed E-state index contributed by atoms with van der Waals surface area (Å²) in [6, 6.07) is 25.7. The third-order valence-corrected chi connectivity index (χ3v) is 8.35. The van der Waals surface area contributed by atoms with Crippen molar-refractivity contribution in [2.24, 2.45) is 0 Å². The van der Waals surface area contributed by atoms with E-state index >= 15 is 0 Å². The molecule has 0 aromatic heterocycles. The SMILES string of the molecule is CCCCN(CCCC)c1ccc2c(c1)Oc1cc(C)c(Nc3ccc(Cl)cc3)cc1C21OC(=O)c2ccccc21. The minimum absolute atomic E-state index is 0.330. The van der Waals surface area contributed by atoms with E-state index in [0.717, 1.165) is 83.8 Å². The van der Waals surface area contributed by atoms with E-state index in [4.69, 9.17) is 21.1 Å². The molecule has 1 atom stereocenters. The molecule has 0 aliphatic carbocycles. The first-order chi connectivity index (χ1) is 19.9. The number of aryl methyl sites for hydroxylation is 1. The van der Waals surface area contributed by atoms with Crippen molar-refractivity contribution in [1.29, 1.82) is 0 Å². The van der Waals surface area contributed by atoms with Crippen LogP contribution < -0.4 is 15.0 Å². The van der Waals surface area contributed by atoms with Crippen molar-refractivity contribution in [2.45, 2.75) is 52.1 Å². The van der Waals surface area contributed by atoms with Gasteiger partial charge in [-0.05, 0) is 79.9 Å². The first-order valence-corrected chi connectivity index (χ1v) is 14.9. The second-order valence-electron chi connectivity index (χ2n) is 10.9. The van der Waals surface area contributed by atoms with Crippen LogP contribution in [-0.4, -0.2) is 19.1 Å². The van der Waals surface area contributed by atoms with Gasteiger partial charge in [-0.15, -0.1) is 0 Å². The van der Waals surface area contributed by atoms with Crippen LogP contribution in [0.4, 0.5) is 17.1 Å². The zero-order chi connectivity index (χ0) is 28.6. The lowest BCUT2D eigenvalue weighted by Gasteiger charge is -2.38. The Morgan fingerprint density at radius 3 is 2.27 bits per heavy atom. The van der Waals surface area contributed by atoms with E-state index in [2.05, 4.69) is 48.3 Å². The van der Waals surface area contributed by atoms with Crippen molar-refractivity contribution < 1.29 is 14.3 Å². The van der Waals surface area contributed by atoms with Gasteiger partial charge in [-0.25, -0.2) is 4.79 Å².